The molecule has 0 bridgehead atoms. The van der Waals surface area contributed by atoms with Gasteiger partial charge < -0.3 is 15.2 Å². The van der Waals surface area contributed by atoms with Crippen LogP contribution in [0, 0.1) is 6.92 Å². The molecule has 3 N–H and O–H groups in total. The lowest BCUT2D eigenvalue weighted by Gasteiger charge is -2.05. The van der Waals surface area contributed by atoms with E-state index in [4.69, 9.17) is 10.3 Å². The van der Waals surface area contributed by atoms with Gasteiger partial charge in [-0.25, -0.2) is 0 Å². The summed E-state index contributed by atoms with van der Waals surface area (Å²) in [5, 5.41) is 3.99. The van der Waals surface area contributed by atoms with Crippen molar-refractivity contribution in [1.29, 1.82) is 0 Å². The Kier molecular flexibility index (Phi) is 2.87. The zero-order valence-corrected chi connectivity index (χ0v) is 10.9. The van der Waals surface area contributed by atoms with Gasteiger partial charge in [0.2, 0.25) is 11.4 Å². The van der Waals surface area contributed by atoms with Crippen LogP contribution < -0.4 is 11.3 Å². The monoisotopic (exact) mass is 267 g/mol. The molecule has 0 saturated heterocycles. The maximum absolute atomic E-state index is 11.4. The van der Waals surface area contributed by atoms with Gasteiger partial charge in [0.1, 0.15) is 5.69 Å². The van der Waals surface area contributed by atoms with Crippen molar-refractivity contribution in [2.24, 2.45) is 0 Å². The van der Waals surface area contributed by atoms with Gasteiger partial charge in [-0.15, -0.1) is 0 Å². The standard InChI is InChI=1S/C15H13N3O2/c1-9-4-2-3-5-11(9)13-14(18-20-15(13)16)10-6-7-17-12(19)8-10/h2-8H,16H2,1H3,(H,17,19). The summed E-state index contributed by atoms with van der Waals surface area (Å²) in [6.07, 6.45) is 1.57. The Balaban J connectivity index is 2.26. The van der Waals surface area contributed by atoms with Gasteiger partial charge in [0.05, 0.1) is 5.56 Å². The topological polar surface area (TPSA) is 84.9 Å². The van der Waals surface area contributed by atoms with Crippen LogP contribution in [0.4, 0.5) is 5.88 Å². The lowest BCUT2D eigenvalue weighted by molar-refractivity contribution is 0.439. The molecule has 2 aromatic heterocycles. The Morgan fingerprint density at radius 1 is 1.25 bits per heavy atom. The van der Waals surface area contributed by atoms with Gasteiger partial charge in [-0.1, -0.05) is 29.4 Å². The first-order valence-corrected chi connectivity index (χ1v) is 6.17. The lowest BCUT2D eigenvalue weighted by atomic mass is 9.98. The molecule has 5 nitrogen and oxygen atoms in total. The molecular weight excluding hydrogens is 254 g/mol. The minimum Gasteiger partial charge on any atom is -0.367 e. The maximum atomic E-state index is 11.4. The Morgan fingerprint density at radius 2 is 2.05 bits per heavy atom. The van der Waals surface area contributed by atoms with Crippen LogP contribution in [0.2, 0.25) is 0 Å². The summed E-state index contributed by atoms with van der Waals surface area (Å²) in [6.45, 7) is 1.99. The third-order valence-corrected chi connectivity index (χ3v) is 3.18. The van der Waals surface area contributed by atoms with Gasteiger partial charge in [0.25, 0.3) is 0 Å². The van der Waals surface area contributed by atoms with Crippen LogP contribution in [0.15, 0.2) is 51.9 Å². The van der Waals surface area contributed by atoms with Crippen molar-refractivity contribution < 1.29 is 4.52 Å². The largest absolute Gasteiger partial charge is 0.367 e. The second-order valence-corrected chi connectivity index (χ2v) is 4.53. The van der Waals surface area contributed by atoms with E-state index in [2.05, 4.69) is 10.1 Å². The van der Waals surface area contributed by atoms with Gasteiger partial charge >= 0.3 is 0 Å². The summed E-state index contributed by atoms with van der Waals surface area (Å²) in [7, 11) is 0. The van der Waals surface area contributed by atoms with Crippen molar-refractivity contribution in [3.8, 4) is 22.4 Å². The molecule has 0 atom stereocenters. The van der Waals surface area contributed by atoms with E-state index in [9.17, 15) is 4.79 Å². The lowest BCUT2D eigenvalue weighted by Crippen LogP contribution is -2.02. The number of aromatic nitrogens is 2. The smallest absolute Gasteiger partial charge is 0.248 e. The number of nitrogens with two attached hydrogens (primary N) is 1. The molecule has 20 heavy (non-hydrogen) atoms. The molecule has 0 fully saturated rings. The van der Waals surface area contributed by atoms with E-state index in [1.807, 2.05) is 31.2 Å². The normalized spacial score (nSPS) is 10.7. The number of hydrogen-bond donors (Lipinski definition) is 2. The van der Waals surface area contributed by atoms with Crippen molar-refractivity contribution in [3.05, 3.63) is 58.5 Å². The molecule has 0 saturated carbocycles. The van der Waals surface area contributed by atoms with Gasteiger partial charge in [-0.3, -0.25) is 4.79 Å². The number of anilines is 1. The first kappa shape index (κ1) is 12.2. The average Bonchev–Trinajstić information content (AvgIpc) is 2.81. The molecule has 0 aliphatic heterocycles. The minimum absolute atomic E-state index is 0.195. The Bertz CT molecular complexity index is 818. The van der Waals surface area contributed by atoms with Crippen molar-refractivity contribution in [2.45, 2.75) is 6.92 Å². The average molecular weight is 267 g/mol. The fraction of sp³-hybridized carbons (Fsp3) is 0.0667. The minimum atomic E-state index is -0.195. The molecule has 2 heterocycles. The second-order valence-electron chi connectivity index (χ2n) is 4.53. The van der Waals surface area contributed by atoms with E-state index >= 15 is 0 Å². The predicted octanol–water partition coefficient (Wildman–Crippen LogP) is 2.59. The van der Waals surface area contributed by atoms with Crippen LogP contribution >= 0.6 is 0 Å². The van der Waals surface area contributed by atoms with Gasteiger partial charge in [0.15, 0.2) is 0 Å². The number of aromatic amines is 1. The van der Waals surface area contributed by atoms with Crippen molar-refractivity contribution in [1.82, 2.24) is 10.1 Å². The molecule has 0 radical (unpaired) electrons. The predicted molar refractivity (Wildman–Crippen MR) is 77.1 cm³/mol. The van der Waals surface area contributed by atoms with Gasteiger partial charge in [0, 0.05) is 17.8 Å². The van der Waals surface area contributed by atoms with E-state index in [1.165, 1.54) is 6.07 Å². The number of nitrogens with zero attached hydrogens (tertiary/aromatic N) is 1. The first-order chi connectivity index (χ1) is 9.66. The molecule has 0 aliphatic rings. The van der Waals surface area contributed by atoms with Crippen LogP contribution in [0.25, 0.3) is 22.4 Å². The number of rotatable bonds is 2. The van der Waals surface area contributed by atoms with Crippen LogP contribution in [0.5, 0.6) is 0 Å². The molecule has 1 aromatic carbocycles. The van der Waals surface area contributed by atoms with Gasteiger partial charge in [-0.05, 0) is 24.1 Å². The summed E-state index contributed by atoms with van der Waals surface area (Å²) in [5.74, 6) is 0.245. The number of H-pyrrole nitrogens is 1. The first-order valence-electron chi connectivity index (χ1n) is 6.17. The van der Waals surface area contributed by atoms with Crippen LogP contribution in [-0.2, 0) is 0 Å². The summed E-state index contributed by atoms with van der Waals surface area (Å²) in [5.41, 5.74) is 9.68. The molecule has 3 aromatic rings. The third kappa shape index (κ3) is 1.99. The highest BCUT2D eigenvalue weighted by Crippen LogP contribution is 2.37. The Hall–Kier alpha value is -2.82. The van der Waals surface area contributed by atoms with Crippen LogP contribution in [0.3, 0.4) is 0 Å². The third-order valence-electron chi connectivity index (χ3n) is 3.18. The van der Waals surface area contributed by atoms with E-state index in [0.29, 0.717) is 16.8 Å². The Morgan fingerprint density at radius 3 is 2.80 bits per heavy atom. The van der Waals surface area contributed by atoms with Crippen LogP contribution in [0.1, 0.15) is 5.56 Å². The van der Waals surface area contributed by atoms with Crippen molar-refractivity contribution in [3.63, 3.8) is 0 Å². The second kappa shape index (κ2) is 4.70. The molecule has 0 amide bonds. The van der Waals surface area contributed by atoms with E-state index < -0.39 is 0 Å². The summed E-state index contributed by atoms with van der Waals surface area (Å²) >= 11 is 0. The molecule has 0 aliphatic carbocycles. The fourth-order valence-electron chi connectivity index (χ4n) is 2.21. The number of nitrogen functional groups attached to an aromatic ring is 1. The highest BCUT2D eigenvalue weighted by Gasteiger charge is 2.18. The van der Waals surface area contributed by atoms with Crippen molar-refractivity contribution in [2.75, 3.05) is 5.73 Å². The molecule has 0 spiro atoms. The molecule has 3 rings (SSSR count). The molecule has 5 heteroatoms. The fourth-order valence-corrected chi connectivity index (χ4v) is 2.21. The molecule has 100 valence electrons. The number of pyridine rings is 1. The van der Waals surface area contributed by atoms with Gasteiger partial charge in [-0.2, -0.15) is 0 Å². The maximum Gasteiger partial charge on any atom is 0.248 e. The zero-order valence-electron chi connectivity index (χ0n) is 10.9. The SMILES string of the molecule is Cc1ccccc1-c1c(-c2cc[nH]c(=O)c2)noc1N. The number of hydrogen-bond acceptors (Lipinski definition) is 4. The van der Waals surface area contributed by atoms with E-state index in [1.54, 1.807) is 12.3 Å². The summed E-state index contributed by atoms with van der Waals surface area (Å²) in [6, 6.07) is 11.1. The quantitative estimate of drug-likeness (QED) is 0.747. The number of benzene rings is 1. The molecular formula is C15H13N3O2. The Labute approximate surface area is 115 Å². The van der Waals surface area contributed by atoms with Crippen molar-refractivity contribution >= 4 is 5.88 Å². The van der Waals surface area contributed by atoms with E-state index in [-0.39, 0.29) is 11.4 Å². The van der Waals surface area contributed by atoms with E-state index in [0.717, 1.165) is 11.1 Å². The van der Waals surface area contributed by atoms with Crippen LogP contribution in [-0.4, -0.2) is 10.1 Å². The summed E-state index contributed by atoms with van der Waals surface area (Å²) < 4.78 is 5.11. The number of nitrogens with one attached hydrogen (secondary N) is 1. The highest BCUT2D eigenvalue weighted by molar-refractivity contribution is 5.87. The molecule has 0 unspecified atom stereocenters. The zero-order chi connectivity index (χ0) is 14.1. The highest BCUT2D eigenvalue weighted by atomic mass is 16.5. The number of aryl methyl sites for hydroxylation is 1. The summed E-state index contributed by atoms with van der Waals surface area (Å²) in [4.78, 5) is 14.0.